The first-order valence-corrected chi connectivity index (χ1v) is 8.37. The number of rotatable bonds is 4. The molecule has 2 fully saturated rings. The van der Waals surface area contributed by atoms with Crippen molar-refractivity contribution in [3.05, 3.63) is 35.9 Å². The van der Waals surface area contributed by atoms with Crippen molar-refractivity contribution in [1.29, 1.82) is 0 Å². The van der Waals surface area contributed by atoms with Crippen molar-refractivity contribution in [2.45, 2.75) is 62.7 Å². The van der Waals surface area contributed by atoms with Crippen molar-refractivity contribution in [1.82, 2.24) is 4.90 Å². The topological polar surface area (TPSA) is 43.7 Å². The van der Waals surface area contributed by atoms with Crippen LogP contribution in [0, 0.1) is 0 Å². The fraction of sp³-hybridized carbons (Fsp3) is 0.667. The molecule has 116 valence electrons. The molecule has 0 spiro atoms. The standard InChI is InChI=1S/C18H27NO2/c1-2-3-9-15-18(14-7-5-4-6-8-14)16(20)10-12-19(15)13-11-17(18)21/h4-8,15-17,20-21H,2-3,9-13H2,1H3. The van der Waals surface area contributed by atoms with Crippen molar-refractivity contribution in [3.8, 4) is 0 Å². The van der Waals surface area contributed by atoms with Crippen LogP contribution in [0.5, 0.6) is 0 Å². The van der Waals surface area contributed by atoms with E-state index in [1.165, 1.54) is 0 Å². The average Bonchev–Trinajstić information content (AvgIpc) is 2.52. The van der Waals surface area contributed by atoms with Gasteiger partial charge in [0.2, 0.25) is 0 Å². The lowest BCUT2D eigenvalue weighted by molar-refractivity contribution is -0.134. The molecule has 2 bridgehead atoms. The number of nitrogens with zero attached hydrogens (tertiary/aromatic N) is 1. The zero-order chi connectivity index (χ0) is 14.9. The number of unbranched alkanes of at least 4 members (excludes halogenated alkanes) is 1. The highest BCUT2D eigenvalue weighted by Crippen LogP contribution is 2.47. The van der Waals surface area contributed by atoms with Crippen LogP contribution in [0.4, 0.5) is 0 Å². The van der Waals surface area contributed by atoms with Gasteiger partial charge in [0, 0.05) is 19.1 Å². The molecule has 0 aliphatic carbocycles. The minimum absolute atomic E-state index is 0.257. The van der Waals surface area contributed by atoms with Crippen LogP contribution in [0.3, 0.4) is 0 Å². The molecular weight excluding hydrogens is 262 g/mol. The molecule has 1 aromatic rings. The Kier molecular flexibility index (Phi) is 4.34. The van der Waals surface area contributed by atoms with Crippen molar-refractivity contribution in [2.24, 2.45) is 0 Å². The van der Waals surface area contributed by atoms with Crippen LogP contribution < -0.4 is 0 Å². The molecule has 3 nitrogen and oxygen atoms in total. The second-order valence-electron chi connectivity index (χ2n) is 6.60. The van der Waals surface area contributed by atoms with Gasteiger partial charge in [-0.15, -0.1) is 0 Å². The number of aliphatic hydroxyl groups is 2. The third-order valence-electron chi connectivity index (χ3n) is 5.58. The summed E-state index contributed by atoms with van der Waals surface area (Å²) in [6.07, 6.45) is 3.97. The number of piperidine rings is 2. The monoisotopic (exact) mass is 289 g/mol. The summed E-state index contributed by atoms with van der Waals surface area (Å²) in [6.45, 7) is 4.11. The van der Waals surface area contributed by atoms with Gasteiger partial charge in [0.05, 0.1) is 17.6 Å². The van der Waals surface area contributed by atoms with Crippen LogP contribution in [0.1, 0.15) is 44.6 Å². The SMILES string of the molecule is CCCCC1N2CCC(O)C1(c1ccccc1)C(O)CC2. The minimum Gasteiger partial charge on any atom is -0.392 e. The Bertz CT molecular complexity index is 448. The van der Waals surface area contributed by atoms with Gasteiger partial charge in [-0.05, 0) is 24.8 Å². The molecule has 2 saturated heterocycles. The number of hydrogen-bond acceptors (Lipinski definition) is 3. The molecule has 2 heterocycles. The first-order chi connectivity index (χ1) is 10.2. The minimum atomic E-state index is -0.507. The van der Waals surface area contributed by atoms with E-state index in [2.05, 4.69) is 24.0 Å². The van der Waals surface area contributed by atoms with Crippen LogP contribution in [0.15, 0.2) is 30.3 Å². The fourth-order valence-electron chi connectivity index (χ4n) is 4.57. The summed E-state index contributed by atoms with van der Waals surface area (Å²) >= 11 is 0. The third kappa shape index (κ3) is 2.32. The number of hydrogen-bond donors (Lipinski definition) is 2. The van der Waals surface area contributed by atoms with Gasteiger partial charge >= 0.3 is 0 Å². The first kappa shape index (κ1) is 15.0. The molecule has 0 saturated carbocycles. The van der Waals surface area contributed by atoms with E-state index in [9.17, 15) is 10.2 Å². The van der Waals surface area contributed by atoms with Gasteiger partial charge < -0.3 is 10.2 Å². The predicted molar refractivity (Wildman–Crippen MR) is 84.3 cm³/mol. The highest BCUT2D eigenvalue weighted by Gasteiger charge is 2.57. The highest BCUT2D eigenvalue weighted by atomic mass is 16.3. The van der Waals surface area contributed by atoms with Gasteiger partial charge in [-0.25, -0.2) is 0 Å². The smallest absolute Gasteiger partial charge is 0.0689 e. The number of benzene rings is 1. The maximum atomic E-state index is 10.9. The summed E-state index contributed by atoms with van der Waals surface area (Å²) in [5.74, 6) is 0. The van der Waals surface area contributed by atoms with Gasteiger partial charge in [-0.3, -0.25) is 4.90 Å². The van der Waals surface area contributed by atoms with E-state index in [1.54, 1.807) is 0 Å². The molecule has 3 rings (SSSR count). The van der Waals surface area contributed by atoms with E-state index in [4.69, 9.17) is 0 Å². The molecule has 0 amide bonds. The summed E-state index contributed by atoms with van der Waals surface area (Å²) < 4.78 is 0. The zero-order valence-corrected chi connectivity index (χ0v) is 12.9. The van der Waals surface area contributed by atoms with Crippen molar-refractivity contribution in [3.63, 3.8) is 0 Å². The van der Waals surface area contributed by atoms with Gasteiger partial charge in [0.1, 0.15) is 0 Å². The Morgan fingerprint density at radius 2 is 1.71 bits per heavy atom. The molecule has 3 heteroatoms. The quantitative estimate of drug-likeness (QED) is 0.894. The number of fused-ring (bicyclic) bond motifs is 2. The van der Waals surface area contributed by atoms with Crippen LogP contribution in [0.25, 0.3) is 0 Å². The van der Waals surface area contributed by atoms with Crippen LogP contribution in [-0.4, -0.2) is 46.5 Å². The summed E-state index contributed by atoms with van der Waals surface area (Å²) in [5, 5.41) is 21.8. The largest absolute Gasteiger partial charge is 0.392 e. The molecule has 2 aliphatic heterocycles. The Morgan fingerprint density at radius 3 is 2.29 bits per heavy atom. The van der Waals surface area contributed by atoms with Crippen molar-refractivity contribution >= 4 is 0 Å². The second kappa shape index (κ2) is 6.07. The molecule has 0 radical (unpaired) electrons. The van der Waals surface area contributed by atoms with Gasteiger partial charge in [0.25, 0.3) is 0 Å². The maximum absolute atomic E-state index is 10.9. The normalized spacial score (nSPS) is 39.2. The molecule has 21 heavy (non-hydrogen) atoms. The summed E-state index contributed by atoms with van der Waals surface area (Å²) in [7, 11) is 0. The lowest BCUT2D eigenvalue weighted by atomic mass is 9.59. The van der Waals surface area contributed by atoms with Gasteiger partial charge in [-0.2, -0.15) is 0 Å². The Labute approximate surface area is 127 Å². The van der Waals surface area contributed by atoms with E-state index in [1.807, 2.05) is 18.2 Å². The van der Waals surface area contributed by atoms with Crippen LogP contribution in [0.2, 0.25) is 0 Å². The first-order valence-electron chi connectivity index (χ1n) is 8.37. The predicted octanol–water partition coefficient (Wildman–Crippen LogP) is 2.31. The third-order valence-corrected chi connectivity index (χ3v) is 5.58. The zero-order valence-electron chi connectivity index (χ0n) is 12.9. The van der Waals surface area contributed by atoms with Crippen molar-refractivity contribution in [2.75, 3.05) is 13.1 Å². The molecular formula is C18H27NO2. The summed E-state index contributed by atoms with van der Waals surface area (Å²) in [6, 6.07) is 10.5. The number of aliphatic hydroxyl groups excluding tert-OH is 2. The molecule has 0 aromatic heterocycles. The van der Waals surface area contributed by atoms with Gasteiger partial charge in [0.15, 0.2) is 0 Å². The molecule has 2 aliphatic rings. The molecule has 2 N–H and O–H groups in total. The van der Waals surface area contributed by atoms with E-state index in [0.29, 0.717) is 0 Å². The Balaban J connectivity index is 2.06. The van der Waals surface area contributed by atoms with Crippen LogP contribution in [-0.2, 0) is 5.41 Å². The lowest BCUT2D eigenvalue weighted by Crippen LogP contribution is -2.70. The van der Waals surface area contributed by atoms with Crippen LogP contribution >= 0.6 is 0 Å². The molecule has 3 atom stereocenters. The lowest BCUT2D eigenvalue weighted by Gasteiger charge is -2.59. The Morgan fingerprint density at radius 1 is 1.10 bits per heavy atom. The highest BCUT2D eigenvalue weighted by molar-refractivity contribution is 5.34. The van der Waals surface area contributed by atoms with E-state index in [-0.39, 0.29) is 6.04 Å². The summed E-state index contributed by atoms with van der Waals surface area (Å²) in [5.41, 5.74) is 0.600. The molecule has 1 aromatic carbocycles. The van der Waals surface area contributed by atoms with E-state index < -0.39 is 17.6 Å². The van der Waals surface area contributed by atoms with Gasteiger partial charge in [-0.1, -0.05) is 50.1 Å². The van der Waals surface area contributed by atoms with E-state index in [0.717, 1.165) is 50.8 Å². The van der Waals surface area contributed by atoms with E-state index >= 15 is 0 Å². The molecule has 3 unspecified atom stereocenters. The second-order valence-corrected chi connectivity index (χ2v) is 6.60. The Hall–Kier alpha value is -0.900. The average molecular weight is 289 g/mol. The summed E-state index contributed by atoms with van der Waals surface area (Å²) in [4.78, 5) is 2.50. The van der Waals surface area contributed by atoms with Crippen molar-refractivity contribution < 1.29 is 10.2 Å². The maximum Gasteiger partial charge on any atom is 0.0689 e. The fourth-order valence-corrected chi connectivity index (χ4v) is 4.57.